The minimum Gasteiger partial charge on any atom is -0.395 e. The van der Waals surface area contributed by atoms with E-state index in [0.717, 1.165) is 30.9 Å². The second-order valence-corrected chi connectivity index (χ2v) is 5.59. The van der Waals surface area contributed by atoms with E-state index in [0.29, 0.717) is 19.6 Å². The van der Waals surface area contributed by atoms with Crippen molar-refractivity contribution in [2.24, 2.45) is 0 Å². The van der Waals surface area contributed by atoms with Crippen LogP contribution in [0.3, 0.4) is 0 Å². The van der Waals surface area contributed by atoms with Gasteiger partial charge in [-0.25, -0.2) is 9.78 Å². The molecule has 0 bridgehead atoms. The maximum absolute atomic E-state index is 12.0. The number of urea groups is 1. The van der Waals surface area contributed by atoms with Crippen LogP contribution in [0.2, 0.25) is 0 Å². The number of nitrogens with zero attached hydrogens (tertiary/aromatic N) is 3. The summed E-state index contributed by atoms with van der Waals surface area (Å²) in [6.45, 7) is 5.63. The van der Waals surface area contributed by atoms with Gasteiger partial charge in [0.25, 0.3) is 0 Å². The van der Waals surface area contributed by atoms with Crippen molar-refractivity contribution in [2.75, 3.05) is 37.7 Å². The fourth-order valence-electron chi connectivity index (χ4n) is 2.65. The van der Waals surface area contributed by atoms with Crippen molar-refractivity contribution in [2.45, 2.75) is 32.7 Å². The lowest BCUT2D eigenvalue weighted by atomic mass is 10.3. The number of aliphatic hydroxyl groups excluding tert-OH is 1. The van der Waals surface area contributed by atoms with Gasteiger partial charge in [0.15, 0.2) is 0 Å². The predicted octanol–water partition coefficient (Wildman–Crippen LogP) is 1.60. The van der Waals surface area contributed by atoms with Gasteiger partial charge in [0.2, 0.25) is 0 Å². The minimum absolute atomic E-state index is 0.0144. The third-order valence-corrected chi connectivity index (χ3v) is 3.83. The summed E-state index contributed by atoms with van der Waals surface area (Å²) < 4.78 is 0. The highest BCUT2D eigenvalue weighted by atomic mass is 16.3. The topological polar surface area (TPSA) is 68.7 Å². The number of nitrogens with one attached hydrogen (secondary N) is 1. The quantitative estimate of drug-likeness (QED) is 0.803. The highest BCUT2D eigenvalue weighted by molar-refractivity contribution is 5.74. The number of hydrogen-bond acceptors (Lipinski definition) is 4. The van der Waals surface area contributed by atoms with Crippen molar-refractivity contribution < 1.29 is 9.90 Å². The number of hydrogen-bond donors (Lipinski definition) is 2. The number of amides is 2. The van der Waals surface area contributed by atoms with E-state index in [2.05, 4.69) is 15.2 Å². The fraction of sp³-hybridized carbons (Fsp3) is 0.625. The zero-order valence-electron chi connectivity index (χ0n) is 13.3. The molecule has 0 saturated carbocycles. The molecule has 0 atom stereocenters. The van der Waals surface area contributed by atoms with Gasteiger partial charge in [0.05, 0.1) is 6.61 Å². The first-order valence-electron chi connectivity index (χ1n) is 8.08. The van der Waals surface area contributed by atoms with Crippen LogP contribution in [-0.2, 0) is 6.54 Å². The SMILES string of the molecule is CCCN(CCO)C(=O)NCc1ccc(N2CCCC2)nc1. The van der Waals surface area contributed by atoms with Crippen LogP contribution >= 0.6 is 0 Å². The number of aliphatic hydroxyl groups is 1. The highest BCUT2D eigenvalue weighted by Gasteiger charge is 2.14. The Hall–Kier alpha value is -1.82. The van der Waals surface area contributed by atoms with E-state index in [9.17, 15) is 4.79 Å². The number of anilines is 1. The van der Waals surface area contributed by atoms with Crippen LogP contribution in [0.1, 0.15) is 31.7 Å². The number of carbonyl (C=O) groups excluding carboxylic acids is 1. The molecule has 0 spiro atoms. The molecule has 22 heavy (non-hydrogen) atoms. The van der Waals surface area contributed by atoms with Gasteiger partial charge >= 0.3 is 6.03 Å². The summed E-state index contributed by atoms with van der Waals surface area (Å²) in [7, 11) is 0. The molecular weight excluding hydrogens is 280 g/mol. The summed E-state index contributed by atoms with van der Waals surface area (Å²) in [5.41, 5.74) is 0.983. The molecular formula is C16H26N4O2. The Morgan fingerprint density at radius 2 is 2.14 bits per heavy atom. The number of rotatable bonds is 7. The predicted molar refractivity (Wildman–Crippen MR) is 86.9 cm³/mol. The van der Waals surface area contributed by atoms with Crippen molar-refractivity contribution >= 4 is 11.8 Å². The van der Waals surface area contributed by atoms with Gasteiger partial charge in [0, 0.05) is 38.9 Å². The maximum atomic E-state index is 12.0. The summed E-state index contributed by atoms with van der Waals surface area (Å²) in [6, 6.07) is 3.89. The molecule has 0 unspecified atom stereocenters. The molecule has 1 aliphatic rings. The van der Waals surface area contributed by atoms with E-state index >= 15 is 0 Å². The summed E-state index contributed by atoms with van der Waals surface area (Å²) in [5.74, 6) is 1.01. The molecule has 2 rings (SSSR count). The van der Waals surface area contributed by atoms with Gasteiger partial charge in [0.1, 0.15) is 5.82 Å². The van der Waals surface area contributed by atoms with E-state index in [1.165, 1.54) is 12.8 Å². The summed E-state index contributed by atoms with van der Waals surface area (Å²) in [6.07, 6.45) is 5.17. The minimum atomic E-state index is -0.139. The average Bonchev–Trinajstić information content (AvgIpc) is 3.07. The molecule has 2 heterocycles. The molecule has 122 valence electrons. The molecule has 1 fully saturated rings. The van der Waals surface area contributed by atoms with Crippen molar-refractivity contribution in [3.8, 4) is 0 Å². The van der Waals surface area contributed by atoms with Crippen LogP contribution in [-0.4, -0.2) is 53.8 Å². The molecule has 0 aliphatic carbocycles. The molecule has 2 N–H and O–H groups in total. The fourth-order valence-corrected chi connectivity index (χ4v) is 2.65. The molecule has 6 nitrogen and oxygen atoms in total. The number of carbonyl (C=O) groups is 1. The third-order valence-electron chi connectivity index (χ3n) is 3.83. The van der Waals surface area contributed by atoms with Gasteiger partial charge in [-0.2, -0.15) is 0 Å². The van der Waals surface area contributed by atoms with Gasteiger partial charge < -0.3 is 20.2 Å². The van der Waals surface area contributed by atoms with Crippen molar-refractivity contribution in [1.29, 1.82) is 0 Å². The van der Waals surface area contributed by atoms with Crippen molar-refractivity contribution in [3.05, 3.63) is 23.9 Å². The smallest absolute Gasteiger partial charge is 0.317 e. The van der Waals surface area contributed by atoms with E-state index in [1.807, 2.05) is 25.3 Å². The van der Waals surface area contributed by atoms with Crippen LogP contribution in [0.15, 0.2) is 18.3 Å². The van der Waals surface area contributed by atoms with E-state index in [-0.39, 0.29) is 12.6 Å². The molecule has 2 amide bonds. The Balaban J connectivity index is 1.83. The summed E-state index contributed by atoms with van der Waals surface area (Å²) in [5, 5.41) is 11.9. The summed E-state index contributed by atoms with van der Waals surface area (Å²) in [4.78, 5) is 20.4. The Morgan fingerprint density at radius 1 is 1.36 bits per heavy atom. The van der Waals surface area contributed by atoms with Gasteiger partial charge in [-0.15, -0.1) is 0 Å². The van der Waals surface area contributed by atoms with Crippen LogP contribution < -0.4 is 10.2 Å². The number of aromatic nitrogens is 1. The van der Waals surface area contributed by atoms with Gasteiger partial charge in [-0.05, 0) is 30.9 Å². The first kappa shape index (κ1) is 16.5. The lowest BCUT2D eigenvalue weighted by Crippen LogP contribution is -2.41. The standard InChI is InChI=1S/C16H26N4O2/c1-2-7-20(10-11-21)16(22)18-13-14-5-6-15(17-12-14)19-8-3-4-9-19/h5-6,12,21H,2-4,7-11,13H2,1H3,(H,18,22). The van der Waals surface area contributed by atoms with Crippen molar-refractivity contribution in [1.82, 2.24) is 15.2 Å². The zero-order chi connectivity index (χ0) is 15.8. The van der Waals surface area contributed by atoms with E-state index in [1.54, 1.807) is 4.90 Å². The Bertz CT molecular complexity index is 452. The molecule has 0 aromatic carbocycles. The monoisotopic (exact) mass is 306 g/mol. The normalized spacial score (nSPS) is 14.2. The van der Waals surface area contributed by atoms with Crippen molar-refractivity contribution in [3.63, 3.8) is 0 Å². The van der Waals surface area contributed by atoms with E-state index in [4.69, 9.17) is 5.11 Å². The zero-order valence-corrected chi connectivity index (χ0v) is 13.3. The first-order valence-corrected chi connectivity index (χ1v) is 8.08. The van der Waals surface area contributed by atoms with Crippen LogP contribution in [0.25, 0.3) is 0 Å². The molecule has 6 heteroatoms. The Morgan fingerprint density at radius 3 is 2.73 bits per heavy atom. The van der Waals surface area contributed by atoms with Gasteiger partial charge in [-0.1, -0.05) is 13.0 Å². The molecule has 1 saturated heterocycles. The van der Waals surface area contributed by atoms with Crippen LogP contribution in [0.5, 0.6) is 0 Å². The molecule has 1 aromatic rings. The number of pyridine rings is 1. The Kier molecular flexibility index (Phi) is 6.45. The molecule has 1 aliphatic heterocycles. The lowest BCUT2D eigenvalue weighted by molar-refractivity contribution is 0.177. The second kappa shape index (κ2) is 8.58. The van der Waals surface area contributed by atoms with E-state index < -0.39 is 0 Å². The van der Waals surface area contributed by atoms with Crippen LogP contribution in [0.4, 0.5) is 10.6 Å². The van der Waals surface area contributed by atoms with Crippen LogP contribution in [0, 0.1) is 0 Å². The largest absolute Gasteiger partial charge is 0.395 e. The summed E-state index contributed by atoms with van der Waals surface area (Å²) >= 11 is 0. The maximum Gasteiger partial charge on any atom is 0.317 e. The first-order chi connectivity index (χ1) is 10.7. The van der Waals surface area contributed by atoms with Gasteiger partial charge in [-0.3, -0.25) is 0 Å². The Labute approximate surface area is 132 Å². The average molecular weight is 306 g/mol. The lowest BCUT2D eigenvalue weighted by Gasteiger charge is -2.21. The third kappa shape index (κ3) is 4.59. The molecule has 0 radical (unpaired) electrons. The second-order valence-electron chi connectivity index (χ2n) is 5.59. The highest BCUT2D eigenvalue weighted by Crippen LogP contribution is 2.17. The molecule has 1 aromatic heterocycles.